The highest BCUT2D eigenvalue weighted by molar-refractivity contribution is 5.91. The molecule has 3 rings (SSSR count). The fraction of sp³-hybridized carbons (Fsp3) is 0.406. The molecule has 198 valence electrons. The molecule has 0 radical (unpaired) electrons. The summed E-state index contributed by atoms with van der Waals surface area (Å²) in [5.74, 6) is 0.0888. The van der Waals surface area contributed by atoms with Crippen LogP contribution in [0, 0.1) is 12.3 Å². The number of carboxylic acids is 1. The molecule has 0 aliphatic heterocycles. The first kappa shape index (κ1) is 28.3. The molecule has 37 heavy (non-hydrogen) atoms. The number of benzene rings is 3. The van der Waals surface area contributed by atoms with Crippen molar-refractivity contribution in [3.63, 3.8) is 0 Å². The number of rotatable bonds is 11. The van der Waals surface area contributed by atoms with Gasteiger partial charge in [-0.1, -0.05) is 83.1 Å². The summed E-state index contributed by atoms with van der Waals surface area (Å²) in [5.41, 5.74) is 3.54. The first-order valence-electron chi connectivity index (χ1n) is 13.0. The van der Waals surface area contributed by atoms with Gasteiger partial charge in [0.2, 0.25) is 0 Å². The zero-order valence-corrected chi connectivity index (χ0v) is 22.9. The van der Waals surface area contributed by atoms with Crippen molar-refractivity contribution in [2.24, 2.45) is 5.41 Å². The molecule has 3 aromatic rings. The van der Waals surface area contributed by atoms with Crippen LogP contribution in [0.2, 0.25) is 0 Å². The molecular weight excluding hydrogens is 464 g/mol. The Morgan fingerprint density at radius 2 is 1.46 bits per heavy atom. The number of hydrogen-bond acceptors (Lipinski definition) is 4. The number of aromatic carboxylic acids is 1. The van der Waals surface area contributed by atoms with Gasteiger partial charge in [-0.05, 0) is 65.6 Å². The summed E-state index contributed by atoms with van der Waals surface area (Å²) in [5, 5.41) is 20.4. The molecule has 0 spiro atoms. The summed E-state index contributed by atoms with van der Waals surface area (Å²) in [6.45, 7) is 12.7. The fourth-order valence-corrected chi connectivity index (χ4v) is 4.62. The molecule has 0 amide bonds. The highest BCUT2D eigenvalue weighted by Gasteiger charge is 2.32. The maximum Gasteiger partial charge on any atom is 0.339 e. The van der Waals surface area contributed by atoms with Crippen molar-refractivity contribution < 1.29 is 24.5 Å². The Balaban J connectivity index is 1.92. The van der Waals surface area contributed by atoms with Gasteiger partial charge in [0.05, 0.1) is 6.10 Å². The van der Waals surface area contributed by atoms with E-state index in [1.54, 1.807) is 12.1 Å². The number of carbonyl (C=O) groups is 1. The van der Waals surface area contributed by atoms with E-state index >= 15 is 0 Å². The molecule has 0 aromatic heterocycles. The van der Waals surface area contributed by atoms with Crippen LogP contribution in [0.5, 0.6) is 11.5 Å². The lowest BCUT2D eigenvalue weighted by molar-refractivity contribution is 0.0216. The Hall–Kier alpha value is -3.31. The van der Waals surface area contributed by atoms with E-state index in [4.69, 9.17) is 9.47 Å². The van der Waals surface area contributed by atoms with Gasteiger partial charge >= 0.3 is 5.97 Å². The Morgan fingerprint density at radius 1 is 0.865 bits per heavy atom. The Kier molecular flexibility index (Phi) is 9.03. The number of carboxylic acid groups (broad SMARTS) is 1. The topological polar surface area (TPSA) is 76.0 Å². The Morgan fingerprint density at radius 3 is 2.00 bits per heavy atom. The Labute approximate surface area is 221 Å². The second-order valence-corrected chi connectivity index (χ2v) is 10.8. The summed E-state index contributed by atoms with van der Waals surface area (Å²) in [4.78, 5) is 12.2. The van der Waals surface area contributed by atoms with E-state index in [1.807, 2.05) is 70.2 Å². The minimum absolute atomic E-state index is 0.160. The lowest BCUT2D eigenvalue weighted by Crippen LogP contribution is -2.32. The number of aliphatic hydroxyl groups excluding tert-OH is 1. The van der Waals surface area contributed by atoms with Crippen LogP contribution >= 0.6 is 0 Å². The number of aryl methyl sites for hydroxylation is 1. The highest BCUT2D eigenvalue weighted by Crippen LogP contribution is 2.42. The number of ether oxygens (including phenoxy) is 2. The van der Waals surface area contributed by atoms with E-state index in [1.165, 1.54) is 0 Å². The first-order valence-corrected chi connectivity index (χ1v) is 13.0. The van der Waals surface area contributed by atoms with E-state index in [9.17, 15) is 15.0 Å². The molecule has 2 N–H and O–H groups in total. The molecule has 0 saturated carbocycles. The SMILES string of the molecule is CCC(CC)(c1ccc(OCC(O)C(C)(C)C)c(C)c1)c1ccc(OCc2ccccc2)c(C(=O)O)c1. The van der Waals surface area contributed by atoms with Crippen molar-refractivity contribution in [1.82, 2.24) is 0 Å². The van der Waals surface area contributed by atoms with Crippen molar-refractivity contribution in [2.45, 2.75) is 72.5 Å². The van der Waals surface area contributed by atoms with E-state index in [0.717, 1.165) is 40.8 Å². The second-order valence-electron chi connectivity index (χ2n) is 10.8. The van der Waals surface area contributed by atoms with Crippen molar-refractivity contribution in [2.75, 3.05) is 6.61 Å². The normalized spacial score (nSPS) is 12.7. The zero-order valence-electron chi connectivity index (χ0n) is 22.9. The van der Waals surface area contributed by atoms with Crippen LogP contribution < -0.4 is 9.47 Å². The van der Waals surface area contributed by atoms with Crippen LogP contribution in [0.25, 0.3) is 0 Å². The minimum Gasteiger partial charge on any atom is -0.491 e. The quantitative estimate of drug-likeness (QED) is 0.290. The van der Waals surface area contributed by atoms with E-state index < -0.39 is 12.1 Å². The van der Waals surface area contributed by atoms with Crippen LogP contribution in [0.3, 0.4) is 0 Å². The van der Waals surface area contributed by atoms with Gasteiger partial charge in [-0.25, -0.2) is 4.79 Å². The van der Waals surface area contributed by atoms with Gasteiger partial charge in [0.15, 0.2) is 0 Å². The molecule has 0 aliphatic rings. The van der Waals surface area contributed by atoms with Crippen LogP contribution in [-0.2, 0) is 12.0 Å². The number of aliphatic hydroxyl groups is 1. The lowest BCUT2D eigenvalue weighted by Gasteiger charge is -2.34. The molecule has 0 saturated heterocycles. The predicted molar refractivity (Wildman–Crippen MR) is 148 cm³/mol. The second kappa shape index (κ2) is 11.8. The van der Waals surface area contributed by atoms with Gasteiger partial charge in [-0.15, -0.1) is 0 Å². The van der Waals surface area contributed by atoms with Gasteiger partial charge in [-0.3, -0.25) is 0 Å². The summed E-state index contributed by atoms with van der Waals surface area (Å²) >= 11 is 0. The lowest BCUT2D eigenvalue weighted by atomic mass is 9.70. The molecule has 1 atom stereocenters. The van der Waals surface area contributed by atoms with Crippen molar-refractivity contribution in [3.8, 4) is 11.5 Å². The maximum absolute atomic E-state index is 12.2. The van der Waals surface area contributed by atoms with Crippen LogP contribution in [0.1, 0.15) is 80.1 Å². The van der Waals surface area contributed by atoms with E-state index in [0.29, 0.717) is 12.4 Å². The summed E-state index contributed by atoms with van der Waals surface area (Å²) in [7, 11) is 0. The third-order valence-electron chi connectivity index (χ3n) is 7.33. The summed E-state index contributed by atoms with van der Waals surface area (Å²) < 4.78 is 11.9. The monoisotopic (exact) mass is 504 g/mol. The van der Waals surface area contributed by atoms with E-state index in [-0.39, 0.29) is 23.0 Å². The zero-order chi connectivity index (χ0) is 27.2. The molecule has 0 bridgehead atoms. The summed E-state index contributed by atoms with van der Waals surface area (Å²) in [6.07, 6.45) is 1.03. The van der Waals surface area contributed by atoms with Crippen molar-refractivity contribution in [3.05, 3.63) is 94.5 Å². The molecule has 0 fully saturated rings. The van der Waals surface area contributed by atoms with Gasteiger partial charge in [-0.2, -0.15) is 0 Å². The van der Waals surface area contributed by atoms with Gasteiger partial charge in [0, 0.05) is 5.41 Å². The molecular formula is C32H40O5. The average molecular weight is 505 g/mol. The highest BCUT2D eigenvalue weighted by atomic mass is 16.5. The average Bonchev–Trinajstić information content (AvgIpc) is 2.88. The van der Waals surface area contributed by atoms with Crippen LogP contribution in [0.4, 0.5) is 0 Å². The van der Waals surface area contributed by atoms with Gasteiger partial charge < -0.3 is 19.7 Å². The third kappa shape index (κ3) is 6.53. The predicted octanol–water partition coefficient (Wildman–Crippen LogP) is 7.16. The molecule has 5 heteroatoms. The molecule has 0 heterocycles. The minimum atomic E-state index is -1.01. The van der Waals surface area contributed by atoms with E-state index in [2.05, 4.69) is 26.0 Å². The third-order valence-corrected chi connectivity index (χ3v) is 7.33. The van der Waals surface area contributed by atoms with Gasteiger partial charge in [0.25, 0.3) is 0 Å². The fourth-order valence-electron chi connectivity index (χ4n) is 4.62. The molecule has 1 unspecified atom stereocenters. The maximum atomic E-state index is 12.2. The molecule has 3 aromatic carbocycles. The Bertz CT molecular complexity index is 1190. The van der Waals surface area contributed by atoms with Gasteiger partial charge in [0.1, 0.15) is 30.3 Å². The largest absolute Gasteiger partial charge is 0.491 e. The first-order chi connectivity index (χ1) is 17.5. The van der Waals surface area contributed by atoms with Crippen LogP contribution in [0.15, 0.2) is 66.7 Å². The smallest absolute Gasteiger partial charge is 0.339 e. The summed E-state index contributed by atoms with van der Waals surface area (Å²) in [6, 6.07) is 21.4. The number of hydrogen-bond donors (Lipinski definition) is 2. The standard InChI is InChI=1S/C32H40O5/c1-7-32(8-2,24-14-16-27(22(3)18-24)37-21-29(33)31(4,5)6)25-15-17-28(26(19-25)30(34)35)36-20-23-12-10-9-11-13-23/h9-19,29,33H,7-8,20-21H2,1-6H3,(H,34,35). The van der Waals surface area contributed by atoms with Crippen molar-refractivity contribution >= 4 is 5.97 Å². The van der Waals surface area contributed by atoms with Crippen LogP contribution in [-0.4, -0.2) is 28.9 Å². The molecule has 0 aliphatic carbocycles. The molecule has 5 nitrogen and oxygen atoms in total. The van der Waals surface area contributed by atoms with Crippen molar-refractivity contribution in [1.29, 1.82) is 0 Å².